The molecule has 4 nitrogen and oxygen atoms in total. The summed E-state index contributed by atoms with van der Waals surface area (Å²) in [7, 11) is 0. The minimum atomic E-state index is -0.778. The van der Waals surface area contributed by atoms with Gasteiger partial charge in [-0.1, -0.05) is 0 Å². The number of nitrogens with two attached hydrogens (primary N) is 1. The van der Waals surface area contributed by atoms with Gasteiger partial charge in [-0.05, 0) is 43.7 Å². The molecule has 4 heteroatoms. The number of nitrogens with one attached hydrogen (secondary N) is 1. The molecule has 0 aliphatic heterocycles. The van der Waals surface area contributed by atoms with Crippen LogP contribution in [0.3, 0.4) is 0 Å². The third kappa shape index (κ3) is 1.97. The van der Waals surface area contributed by atoms with E-state index in [2.05, 4.69) is 4.98 Å². The van der Waals surface area contributed by atoms with Crippen molar-refractivity contribution in [1.82, 2.24) is 4.98 Å². The summed E-state index contributed by atoms with van der Waals surface area (Å²) in [4.78, 5) is 13.9. The fraction of sp³-hybridized carbons (Fsp3) is 0.583. The summed E-state index contributed by atoms with van der Waals surface area (Å²) in [6, 6.07) is -0.144. The lowest BCUT2D eigenvalue weighted by molar-refractivity contribution is -0.137. The van der Waals surface area contributed by atoms with Gasteiger partial charge in [0.15, 0.2) is 0 Å². The van der Waals surface area contributed by atoms with E-state index >= 15 is 0 Å². The van der Waals surface area contributed by atoms with Crippen LogP contribution in [0.5, 0.6) is 0 Å². The van der Waals surface area contributed by atoms with E-state index in [0.717, 1.165) is 24.1 Å². The fourth-order valence-electron chi connectivity index (χ4n) is 2.62. The number of aromatic amines is 1. The zero-order valence-corrected chi connectivity index (χ0v) is 9.55. The molecule has 0 spiro atoms. The van der Waals surface area contributed by atoms with Crippen molar-refractivity contribution < 1.29 is 9.90 Å². The van der Waals surface area contributed by atoms with Gasteiger partial charge in [0.1, 0.15) is 0 Å². The Morgan fingerprint density at radius 1 is 1.56 bits per heavy atom. The third-order valence-electron chi connectivity index (χ3n) is 3.33. The van der Waals surface area contributed by atoms with Gasteiger partial charge in [-0.2, -0.15) is 0 Å². The smallest absolute Gasteiger partial charge is 0.303 e. The number of H-pyrrole nitrogens is 1. The molecule has 4 N–H and O–H groups in total. The first-order chi connectivity index (χ1) is 7.59. The molecular formula is C12H18N2O2. The summed E-state index contributed by atoms with van der Waals surface area (Å²) < 4.78 is 0. The molecule has 0 saturated carbocycles. The van der Waals surface area contributed by atoms with Crippen LogP contribution in [0, 0.1) is 6.92 Å². The van der Waals surface area contributed by atoms with Crippen LogP contribution in [-0.2, 0) is 17.6 Å². The molecule has 16 heavy (non-hydrogen) atoms. The summed E-state index contributed by atoms with van der Waals surface area (Å²) in [5.74, 6) is -0.778. The highest BCUT2D eigenvalue weighted by Crippen LogP contribution is 2.32. The van der Waals surface area contributed by atoms with Gasteiger partial charge in [0.2, 0.25) is 0 Å². The van der Waals surface area contributed by atoms with Crippen LogP contribution < -0.4 is 5.73 Å². The number of aliphatic carboxylic acids is 1. The van der Waals surface area contributed by atoms with E-state index in [1.165, 1.54) is 17.7 Å². The van der Waals surface area contributed by atoms with Crippen LogP contribution in [0.4, 0.5) is 0 Å². The first-order valence-electron chi connectivity index (χ1n) is 5.77. The molecule has 88 valence electrons. The van der Waals surface area contributed by atoms with Gasteiger partial charge in [-0.3, -0.25) is 4.79 Å². The number of rotatable bonds is 4. The van der Waals surface area contributed by atoms with Gasteiger partial charge in [0.05, 0.1) is 0 Å². The van der Waals surface area contributed by atoms with Gasteiger partial charge >= 0.3 is 5.97 Å². The molecule has 0 saturated heterocycles. The van der Waals surface area contributed by atoms with Crippen molar-refractivity contribution in [2.45, 2.75) is 45.1 Å². The average Bonchev–Trinajstić information content (AvgIpc) is 2.73. The number of fused-ring (bicyclic) bond motifs is 1. The summed E-state index contributed by atoms with van der Waals surface area (Å²) in [6.45, 7) is 2.02. The Labute approximate surface area is 94.8 Å². The second-order valence-corrected chi connectivity index (χ2v) is 4.51. The average molecular weight is 222 g/mol. The Morgan fingerprint density at radius 3 is 3.00 bits per heavy atom. The van der Waals surface area contributed by atoms with E-state index in [1.807, 2.05) is 6.92 Å². The highest BCUT2D eigenvalue weighted by molar-refractivity contribution is 5.66. The molecule has 1 unspecified atom stereocenters. The number of aromatic nitrogens is 1. The van der Waals surface area contributed by atoms with Crippen LogP contribution in [0.2, 0.25) is 0 Å². The minimum Gasteiger partial charge on any atom is -0.481 e. The second-order valence-electron chi connectivity index (χ2n) is 4.51. The molecule has 0 bridgehead atoms. The summed E-state index contributed by atoms with van der Waals surface area (Å²) in [5.41, 5.74) is 11.0. The largest absolute Gasteiger partial charge is 0.481 e. The topological polar surface area (TPSA) is 79.1 Å². The van der Waals surface area contributed by atoms with E-state index in [-0.39, 0.29) is 12.5 Å². The predicted octanol–water partition coefficient (Wildman–Crippen LogP) is 1.68. The van der Waals surface area contributed by atoms with Crippen LogP contribution >= 0.6 is 0 Å². The van der Waals surface area contributed by atoms with Gasteiger partial charge < -0.3 is 15.8 Å². The first-order valence-corrected chi connectivity index (χ1v) is 5.77. The number of aryl methyl sites for hydroxylation is 2. The molecule has 0 radical (unpaired) electrons. The number of hydrogen-bond acceptors (Lipinski definition) is 2. The lowest BCUT2D eigenvalue weighted by Gasteiger charge is -2.12. The fourth-order valence-corrected chi connectivity index (χ4v) is 2.62. The van der Waals surface area contributed by atoms with Crippen LogP contribution in [0.1, 0.15) is 47.8 Å². The zero-order valence-electron chi connectivity index (χ0n) is 9.55. The predicted molar refractivity (Wildman–Crippen MR) is 61.4 cm³/mol. The SMILES string of the molecule is Cc1[nH]c2c(c1C(N)CCC(=O)O)CCC2. The molecule has 1 heterocycles. The van der Waals surface area contributed by atoms with Gasteiger partial charge in [0.25, 0.3) is 0 Å². The van der Waals surface area contributed by atoms with Crippen LogP contribution in [0.25, 0.3) is 0 Å². The van der Waals surface area contributed by atoms with Crippen molar-refractivity contribution in [3.63, 3.8) is 0 Å². The van der Waals surface area contributed by atoms with E-state index in [1.54, 1.807) is 0 Å². The van der Waals surface area contributed by atoms with Gasteiger partial charge in [0, 0.05) is 23.9 Å². The van der Waals surface area contributed by atoms with E-state index in [0.29, 0.717) is 6.42 Å². The molecule has 1 aliphatic carbocycles. The Kier molecular flexibility index (Phi) is 3.01. The quantitative estimate of drug-likeness (QED) is 0.725. The molecule has 0 fully saturated rings. The van der Waals surface area contributed by atoms with Crippen molar-refractivity contribution in [1.29, 1.82) is 0 Å². The highest BCUT2D eigenvalue weighted by atomic mass is 16.4. The maximum atomic E-state index is 10.5. The summed E-state index contributed by atoms with van der Waals surface area (Å²) >= 11 is 0. The maximum absolute atomic E-state index is 10.5. The highest BCUT2D eigenvalue weighted by Gasteiger charge is 2.23. The zero-order chi connectivity index (χ0) is 11.7. The van der Waals surface area contributed by atoms with Crippen molar-refractivity contribution in [2.75, 3.05) is 0 Å². The molecule has 1 aliphatic rings. The molecule has 1 aromatic heterocycles. The van der Waals surface area contributed by atoms with Crippen molar-refractivity contribution in [3.05, 3.63) is 22.5 Å². The molecule has 0 amide bonds. The Morgan fingerprint density at radius 2 is 2.31 bits per heavy atom. The van der Waals surface area contributed by atoms with Crippen LogP contribution in [0.15, 0.2) is 0 Å². The lowest BCUT2D eigenvalue weighted by atomic mass is 9.98. The number of carboxylic acids is 1. The third-order valence-corrected chi connectivity index (χ3v) is 3.33. The molecule has 1 aromatic rings. The minimum absolute atomic E-state index is 0.139. The Bertz CT molecular complexity index is 409. The van der Waals surface area contributed by atoms with E-state index < -0.39 is 5.97 Å². The molecule has 0 aromatic carbocycles. The Balaban J connectivity index is 2.16. The Hall–Kier alpha value is -1.29. The van der Waals surface area contributed by atoms with E-state index in [9.17, 15) is 4.79 Å². The summed E-state index contributed by atoms with van der Waals surface area (Å²) in [6.07, 6.45) is 4.01. The van der Waals surface area contributed by atoms with Crippen LogP contribution in [-0.4, -0.2) is 16.1 Å². The number of carboxylic acid groups (broad SMARTS) is 1. The van der Waals surface area contributed by atoms with Crippen molar-refractivity contribution in [2.24, 2.45) is 5.73 Å². The van der Waals surface area contributed by atoms with E-state index in [4.69, 9.17) is 10.8 Å². The maximum Gasteiger partial charge on any atom is 0.303 e. The second kappa shape index (κ2) is 4.29. The molecule has 2 rings (SSSR count). The van der Waals surface area contributed by atoms with Crippen molar-refractivity contribution in [3.8, 4) is 0 Å². The normalized spacial score (nSPS) is 16.1. The summed E-state index contributed by atoms with van der Waals surface area (Å²) in [5, 5.41) is 8.66. The van der Waals surface area contributed by atoms with Gasteiger partial charge in [-0.15, -0.1) is 0 Å². The standard InChI is InChI=1S/C12H18N2O2/c1-7-12(9(13)5-6-11(15)16)8-3-2-4-10(8)14-7/h9,14H,2-6,13H2,1H3,(H,15,16). The monoisotopic (exact) mass is 222 g/mol. The molecule has 1 atom stereocenters. The van der Waals surface area contributed by atoms with Gasteiger partial charge in [-0.25, -0.2) is 0 Å². The number of carbonyl (C=O) groups is 1. The molecular weight excluding hydrogens is 204 g/mol. The number of hydrogen-bond donors (Lipinski definition) is 3. The van der Waals surface area contributed by atoms with Crippen molar-refractivity contribution >= 4 is 5.97 Å². The lowest BCUT2D eigenvalue weighted by Crippen LogP contribution is -2.14. The first kappa shape index (κ1) is 11.2.